The average molecular weight is 434 g/mol. The van der Waals surface area contributed by atoms with Crippen molar-refractivity contribution in [2.24, 2.45) is 0 Å². The molecule has 0 fully saturated rings. The first-order chi connectivity index (χ1) is 10.1. The zero-order valence-corrected chi connectivity index (χ0v) is 15.6. The third-order valence-electron chi connectivity index (χ3n) is 2.88. The lowest BCUT2D eigenvalue weighted by molar-refractivity contribution is 0.314. The summed E-state index contributed by atoms with van der Waals surface area (Å²) in [5, 5.41) is 4.05. The molecule has 0 aromatic heterocycles. The van der Waals surface area contributed by atoms with Crippen molar-refractivity contribution >= 4 is 49.1 Å². The summed E-state index contributed by atoms with van der Waals surface area (Å²) in [4.78, 5) is 0. The molecule has 0 atom stereocenters. The fourth-order valence-electron chi connectivity index (χ4n) is 1.86. The van der Waals surface area contributed by atoms with Gasteiger partial charge in [-0.25, -0.2) is 0 Å². The monoisotopic (exact) mass is 431 g/mol. The van der Waals surface area contributed by atoms with Gasteiger partial charge in [-0.1, -0.05) is 50.4 Å². The van der Waals surface area contributed by atoms with E-state index in [1.54, 1.807) is 0 Å². The van der Waals surface area contributed by atoms with Gasteiger partial charge in [0.05, 0.1) is 17.3 Å². The van der Waals surface area contributed by atoms with E-state index in [4.69, 9.17) is 16.3 Å². The molecule has 2 aromatic rings. The van der Waals surface area contributed by atoms with Crippen LogP contribution in [0.5, 0.6) is 5.75 Å². The standard InChI is InChI=1S/C16H16Br2ClNO/c1-2-7-21-16-6-4-12(17)8-11(16)10-20-15-9-13(18)3-5-14(15)19/h3-6,8-9,20H,2,7,10H2,1H3. The smallest absolute Gasteiger partial charge is 0.124 e. The molecule has 0 aliphatic heterocycles. The van der Waals surface area contributed by atoms with Crippen LogP contribution in [-0.4, -0.2) is 6.61 Å². The van der Waals surface area contributed by atoms with Gasteiger partial charge in [-0.15, -0.1) is 0 Å². The molecule has 2 nitrogen and oxygen atoms in total. The Morgan fingerprint density at radius 3 is 2.57 bits per heavy atom. The molecule has 1 N–H and O–H groups in total. The van der Waals surface area contributed by atoms with Crippen molar-refractivity contribution in [3.8, 4) is 5.75 Å². The van der Waals surface area contributed by atoms with Gasteiger partial charge in [0, 0.05) is 21.1 Å². The maximum Gasteiger partial charge on any atom is 0.124 e. The van der Waals surface area contributed by atoms with Gasteiger partial charge in [0.2, 0.25) is 0 Å². The number of ether oxygens (including phenoxy) is 1. The Hall–Kier alpha value is -0.710. The molecule has 21 heavy (non-hydrogen) atoms. The SMILES string of the molecule is CCCOc1ccc(Br)cc1CNc1cc(Br)ccc1Cl. The summed E-state index contributed by atoms with van der Waals surface area (Å²) in [5.41, 5.74) is 1.99. The van der Waals surface area contributed by atoms with Crippen molar-refractivity contribution < 1.29 is 4.74 Å². The molecule has 112 valence electrons. The number of anilines is 1. The van der Waals surface area contributed by atoms with E-state index < -0.39 is 0 Å². The number of halogens is 3. The van der Waals surface area contributed by atoms with E-state index in [1.807, 2.05) is 30.3 Å². The Morgan fingerprint density at radius 2 is 1.81 bits per heavy atom. The lowest BCUT2D eigenvalue weighted by atomic mass is 10.2. The predicted octanol–water partition coefficient (Wildman–Crippen LogP) is 6.27. The van der Waals surface area contributed by atoms with Crippen LogP contribution >= 0.6 is 43.5 Å². The molecular formula is C16H16Br2ClNO. The maximum absolute atomic E-state index is 6.19. The molecule has 0 saturated heterocycles. The Labute approximate surface area is 147 Å². The molecule has 0 radical (unpaired) electrons. The van der Waals surface area contributed by atoms with E-state index >= 15 is 0 Å². The highest BCUT2D eigenvalue weighted by atomic mass is 79.9. The normalized spacial score (nSPS) is 10.5. The van der Waals surface area contributed by atoms with Crippen molar-refractivity contribution in [3.05, 3.63) is 55.9 Å². The largest absolute Gasteiger partial charge is 0.493 e. The number of rotatable bonds is 6. The van der Waals surface area contributed by atoms with Gasteiger partial charge < -0.3 is 10.1 Å². The average Bonchev–Trinajstić information content (AvgIpc) is 2.47. The van der Waals surface area contributed by atoms with Gasteiger partial charge >= 0.3 is 0 Å². The molecule has 5 heteroatoms. The summed E-state index contributed by atoms with van der Waals surface area (Å²) in [6.45, 7) is 3.46. The second-order valence-electron chi connectivity index (χ2n) is 4.58. The van der Waals surface area contributed by atoms with Crippen LogP contribution < -0.4 is 10.1 Å². The van der Waals surface area contributed by atoms with Crippen LogP contribution in [0, 0.1) is 0 Å². The minimum absolute atomic E-state index is 0.647. The van der Waals surface area contributed by atoms with Crippen molar-refractivity contribution in [3.63, 3.8) is 0 Å². The molecule has 0 spiro atoms. The number of benzene rings is 2. The quantitative estimate of drug-likeness (QED) is 0.580. The fourth-order valence-corrected chi connectivity index (χ4v) is 2.82. The van der Waals surface area contributed by atoms with Crippen molar-refractivity contribution in [1.82, 2.24) is 0 Å². The van der Waals surface area contributed by atoms with Crippen molar-refractivity contribution in [1.29, 1.82) is 0 Å². The van der Waals surface area contributed by atoms with Crippen molar-refractivity contribution in [2.45, 2.75) is 19.9 Å². The molecule has 0 heterocycles. The maximum atomic E-state index is 6.19. The molecule has 2 aromatic carbocycles. The van der Waals surface area contributed by atoms with Gasteiger partial charge in [0.25, 0.3) is 0 Å². The van der Waals surface area contributed by atoms with Crippen molar-refractivity contribution in [2.75, 3.05) is 11.9 Å². The Kier molecular flexibility index (Phi) is 6.40. The van der Waals surface area contributed by atoms with Crippen LogP contribution in [0.15, 0.2) is 45.3 Å². The Morgan fingerprint density at radius 1 is 1.10 bits per heavy atom. The van der Waals surface area contributed by atoms with E-state index in [-0.39, 0.29) is 0 Å². The third kappa shape index (κ3) is 4.90. The second-order valence-corrected chi connectivity index (χ2v) is 6.82. The van der Waals surface area contributed by atoms with Crippen LogP contribution in [0.1, 0.15) is 18.9 Å². The lowest BCUT2D eigenvalue weighted by Gasteiger charge is -2.14. The summed E-state index contributed by atoms with van der Waals surface area (Å²) < 4.78 is 7.80. The molecule has 2 rings (SSSR count). The van der Waals surface area contributed by atoms with E-state index in [0.717, 1.165) is 32.4 Å². The number of hydrogen-bond donors (Lipinski definition) is 1. The van der Waals surface area contributed by atoms with Gasteiger partial charge in [0.15, 0.2) is 0 Å². The van der Waals surface area contributed by atoms with Gasteiger partial charge in [-0.05, 0) is 42.8 Å². The van der Waals surface area contributed by atoms with Gasteiger partial charge in [0.1, 0.15) is 5.75 Å². The molecule has 0 unspecified atom stereocenters. The third-order valence-corrected chi connectivity index (χ3v) is 4.20. The molecule has 0 aliphatic rings. The minimum Gasteiger partial charge on any atom is -0.493 e. The highest BCUT2D eigenvalue weighted by Crippen LogP contribution is 2.28. The molecule has 0 saturated carbocycles. The molecule has 0 bridgehead atoms. The van der Waals surface area contributed by atoms with Crippen LogP contribution in [0.4, 0.5) is 5.69 Å². The van der Waals surface area contributed by atoms with Gasteiger partial charge in [-0.2, -0.15) is 0 Å². The number of nitrogens with one attached hydrogen (secondary N) is 1. The lowest BCUT2D eigenvalue weighted by Crippen LogP contribution is -2.04. The van der Waals surface area contributed by atoms with E-state index in [0.29, 0.717) is 18.2 Å². The van der Waals surface area contributed by atoms with Crippen LogP contribution in [0.3, 0.4) is 0 Å². The summed E-state index contributed by atoms with van der Waals surface area (Å²) in [6, 6.07) is 11.8. The van der Waals surface area contributed by atoms with E-state index in [2.05, 4.69) is 50.2 Å². The Balaban J connectivity index is 2.14. The van der Waals surface area contributed by atoms with E-state index in [1.165, 1.54) is 0 Å². The zero-order chi connectivity index (χ0) is 15.2. The predicted molar refractivity (Wildman–Crippen MR) is 96.4 cm³/mol. The highest BCUT2D eigenvalue weighted by Gasteiger charge is 2.06. The second kappa shape index (κ2) is 8.06. The summed E-state index contributed by atoms with van der Waals surface area (Å²) in [5.74, 6) is 0.902. The molecule has 0 amide bonds. The zero-order valence-electron chi connectivity index (χ0n) is 11.6. The topological polar surface area (TPSA) is 21.3 Å². The number of hydrogen-bond acceptors (Lipinski definition) is 2. The van der Waals surface area contributed by atoms with Crippen LogP contribution in [0.25, 0.3) is 0 Å². The summed E-state index contributed by atoms with van der Waals surface area (Å²) in [7, 11) is 0. The van der Waals surface area contributed by atoms with E-state index in [9.17, 15) is 0 Å². The van der Waals surface area contributed by atoms with Gasteiger partial charge in [-0.3, -0.25) is 0 Å². The first-order valence-electron chi connectivity index (χ1n) is 6.70. The highest BCUT2D eigenvalue weighted by molar-refractivity contribution is 9.10. The summed E-state index contributed by atoms with van der Waals surface area (Å²) >= 11 is 13.1. The Bertz CT molecular complexity index is 619. The minimum atomic E-state index is 0.647. The molecule has 0 aliphatic carbocycles. The first-order valence-corrected chi connectivity index (χ1v) is 8.66. The fraction of sp³-hybridized carbons (Fsp3) is 0.250. The van der Waals surface area contributed by atoms with Crippen LogP contribution in [0.2, 0.25) is 5.02 Å². The first kappa shape index (κ1) is 16.7. The summed E-state index contributed by atoms with van der Waals surface area (Å²) in [6.07, 6.45) is 0.987. The molecular weight excluding hydrogens is 417 g/mol. The van der Waals surface area contributed by atoms with Crippen LogP contribution in [-0.2, 0) is 6.54 Å².